The van der Waals surface area contributed by atoms with E-state index in [0.29, 0.717) is 12.8 Å². The fraction of sp³-hybridized carbons (Fsp3) is 0.625. The minimum absolute atomic E-state index is 0.244. The fourth-order valence-corrected chi connectivity index (χ4v) is 1.81. The van der Waals surface area contributed by atoms with E-state index in [-0.39, 0.29) is 6.10 Å². The Morgan fingerprint density at radius 2 is 2.42 bits per heavy atom. The number of nitrogens with zero attached hydrogens (tertiary/aromatic N) is 2. The van der Waals surface area contributed by atoms with E-state index >= 15 is 0 Å². The van der Waals surface area contributed by atoms with Gasteiger partial charge in [0, 0.05) is 19.4 Å². The van der Waals surface area contributed by atoms with Crippen LogP contribution in [-0.4, -0.2) is 20.8 Å². The van der Waals surface area contributed by atoms with Crippen molar-refractivity contribution in [2.75, 3.05) is 0 Å². The molecular weight excluding hydrogens is 154 g/mol. The average Bonchev–Trinajstić information content (AvgIpc) is 2.32. The quantitative estimate of drug-likeness (QED) is 0.605. The van der Waals surface area contributed by atoms with Crippen molar-refractivity contribution in [3.63, 3.8) is 0 Å². The Hall–Kier alpha value is -0.870. The number of imidazole rings is 1. The average molecular weight is 167 g/mol. The first-order chi connectivity index (χ1) is 5.62. The van der Waals surface area contributed by atoms with E-state index in [2.05, 4.69) is 4.98 Å². The number of aryl methyl sites for hydroxylation is 1. The van der Waals surface area contributed by atoms with Crippen LogP contribution in [0, 0.1) is 0 Å². The van der Waals surface area contributed by atoms with E-state index in [4.69, 9.17) is 10.8 Å². The third-order valence-corrected chi connectivity index (χ3v) is 2.47. The van der Waals surface area contributed by atoms with Gasteiger partial charge in [0.2, 0.25) is 0 Å². The Labute approximate surface area is 71.0 Å². The number of nitrogens with two attached hydrogens (primary N) is 1. The Bertz CT molecular complexity index is 288. The summed E-state index contributed by atoms with van der Waals surface area (Å²) in [5.41, 5.74) is 5.63. The molecule has 4 heteroatoms. The molecule has 3 N–H and O–H groups in total. The highest BCUT2D eigenvalue weighted by atomic mass is 16.3. The second-order valence-corrected chi connectivity index (χ2v) is 3.58. The molecule has 1 aliphatic carbocycles. The van der Waals surface area contributed by atoms with Crippen molar-refractivity contribution in [2.24, 2.45) is 12.8 Å². The van der Waals surface area contributed by atoms with E-state index in [1.54, 1.807) is 6.20 Å². The third kappa shape index (κ3) is 0.956. The van der Waals surface area contributed by atoms with E-state index in [1.165, 1.54) is 0 Å². The van der Waals surface area contributed by atoms with Gasteiger partial charge in [-0.05, 0) is 12.8 Å². The molecule has 0 amide bonds. The van der Waals surface area contributed by atoms with Gasteiger partial charge in [0.15, 0.2) is 0 Å². The molecule has 0 radical (unpaired) electrons. The monoisotopic (exact) mass is 167 g/mol. The summed E-state index contributed by atoms with van der Waals surface area (Å²) in [5, 5.41) is 9.16. The zero-order valence-electron chi connectivity index (χ0n) is 7.07. The Morgan fingerprint density at radius 1 is 1.75 bits per heavy atom. The molecule has 0 bridgehead atoms. The van der Waals surface area contributed by atoms with Crippen molar-refractivity contribution in [2.45, 2.75) is 24.5 Å². The van der Waals surface area contributed by atoms with E-state index < -0.39 is 5.54 Å². The van der Waals surface area contributed by atoms with Gasteiger partial charge in [0.1, 0.15) is 5.82 Å². The molecule has 0 saturated heterocycles. The van der Waals surface area contributed by atoms with Crippen molar-refractivity contribution in [3.05, 3.63) is 18.2 Å². The van der Waals surface area contributed by atoms with Gasteiger partial charge in [-0.3, -0.25) is 0 Å². The third-order valence-electron chi connectivity index (χ3n) is 2.47. The number of hydrogen-bond donors (Lipinski definition) is 2. The van der Waals surface area contributed by atoms with Gasteiger partial charge < -0.3 is 15.4 Å². The smallest absolute Gasteiger partial charge is 0.128 e. The summed E-state index contributed by atoms with van der Waals surface area (Å²) in [6.45, 7) is 0. The van der Waals surface area contributed by atoms with Gasteiger partial charge in [-0.2, -0.15) is 0 Å². The molecule has 0 aromatic carbocycles. The lowest BCUT2D eigenvalue weighted by atomic mass is 9.74. The standard InChI is InChI=1S/C8H13N3O/c1-11-3-2-10-7(11)8(9)4-6(12)5-8/h2-3,6,12H,4-5,9H2,1H3. The number of aliphatic hydroxyl groups excluding tert-OH is 1. The SMILES string of the molecule is Cn1ccnc1C1(N)CC(O)C1. The predicted octanol–water partition coefficient (Wildman–Crippen LogP) is -0.271. The Balaban J connectivity index is 2.26. The first-order valence-corrected chi connectivity index (χ1v) is 4.06. The summed E-state index contributed by atoms with van der Waals surface area (Å²) in [6.07, 6.45) is 4.60. The second kappa shape index (κ2) is 2.31. The molecule has 1 heterocycles. The first-order valence-electron chi connectivity index (χ1n) is 4.06. The zero-order chi connectivity index (χ0) is 8.77. The number of hydrogen-bond acceptors (Lipinski definition) is 3. The molecule has 2 rings (SSSR count). The van der Waals surface area contributed by atoms with Crippen LogP contribution in [0.5, 0.6) is 0 Å². The molecule has 1 saturated carbocycles. The summed E-state index contributed by atoms with van der Waals surface area (Å²) in [7, 11) is 1.92. The van der Waals surface area contributed by atoms with Gasteiger partial charge in [0.25, 0.3) is 0 Å². The minimum Gasteiger partial charge on any atom is -0.393 e. The van der Waals surface area contributed by atoms with Crippen LogP contribution in [0.4, 0.5) is 0 Å². The van der Waals surface area contributed by atoms with Crippen LogP contribution in [0.25, 0.3) is 0 Å². The van der Waals surface area contributed by atoms with E-state index in [9.17, 15) is 0 Å². The number of aromatic nitrogens is 2. The molecule has 1 aliphatic rings. The van der Waals surface area contributed by atoms with Crippen molar-refractivity contribution >= 4 is 0 Å². The molecular formula is C8H13N3O. The molecule has 0 atom stereocenters. The molecule has 0 aliphatic heterocycles. The lowest BCUT2D eigenvalue weighted by molar-refractivity contribution is 0.0152. The van der Waals surface area contributed by atoms with Crippen molar-refractivity contribution in [3.8, 4) is 0 Å². The molecule has 4 nitrogen and oxygen atoms in total. The van der Waals surface area contributed by atoms with Crippen LogP contribution in [0.1, 0.15) is 18.7 Å². The van der Waals surface area contributed by atoms with Crippen LogP contribution >= 0.6 is 0 Å². The molecule has 0 unspecified atom stereocenters. The predicted molar refractivity (Wildman–Crippen MR) is 44.3 cm³/mol. The summed E-state index contributed by atoms with van der Waals surface area (Å²) >= 11 is 0. The molecule has 0 spiro atoms. The lowest BCUT2D eigenvalue weighted by Crippen LogP contribution is -2.53. The van der Waals surface area contributed by atoms with Crippen molar-refractivity contribution in [1.82, 2.24) is 9.55 Å². The highest BCUT2D eigenvalue weighted by molar-refractivity contribution is 5.14. The molecule has 1 aromatic heterocycles. The highest BCUT2D eigenvalue weighted by Crippen LogP contribution is 2.37. The molecule has 66 valence electrons. The van der Waals surface area contributed by atoms with Crippen molar-refractivity contribution < 1.29 is 5.11 Å². The van der Waals surface area contributed by atoms with Gasteiger partial charge in [0.05, 0.1) is 11.6 Å². The second-order valence-electron chi connectivity index (χ2n) is 3.58. The lowest BCUT2D eigenvalue weighted by Gasteiger charge is -2.41. The zero-order valence-corrected chi connectivity index (χ0v) is 7.07. The summed E-state index contributed by atoms with van der Waals surface area (Å²) in [5.74, 6) is 0.868. The van der Waals surface area contributed by atoms with Crippen LogP contribution in [-0.2, 0) is 12.6 Å². The fourth-order valence-electron chi connectivity index (χ4n) is 1.81. The first kappa shape index (κ1) is 7.76. The van der Waals surface area contributed by atoms with E-state index in [1.807, 2.05) is 17.8 Å². The normalized spacial score (nSPS) is 34.8. The molecule has 1 aromatic rings. The summed E-state index contributed by atoms with van der Waals surface area (Å²) < 4.78 is 1.91. The maximum Gasteiger partial charge on any atom is 0.128 e. The van der Waals surface area contributed by atoms with Crippen LogP contribution < -0.4 is 5.73 Å². The maximum atomic E-state index is 9.16. The highest BCUT2D eigenvalue weighted by Gasteiger charge is 2.44. The topological polar surface area (TPSA) is 64.1 Å². The van der Waals surface area contributed by atoms with Crippen LogP contribution in [0.15, 0.2) is 12.4 Å². The van der Waals surface area contributed by atoms with Gasteiger partial charge in [-0.25, -0.2) is 4.98 Å². The number of rotatable bonds is 1. The number of aliphatic hydroxyl groups is 1. The summed E-state index contributed by atoms with van der Waals surface area (Å²) in [6, 6.07) is 0. The van der Waals surface area contributed by atoms with E-state index in [0.717, 1.165) is 5.82 Å². The Kier molecular flexibility index (Phi) is 1.49. The molecule has 12 heavy (non-hydrogen) atoms. The minimum atomic E-state index is -0.391. The van der Waals surface area contributed by atoms with Gasteiger partial charge in [-0.15, -0.1) is 0 Å². The van der Waals surface area contributed by atoms with Crippen molar-refractivity contribution in [1.29, 1.82) is 0 Å². The maximum absolute atomic E-state index is 9.16. The van der Waals surface area contributed by atoms with Gasteiger partial charge in [-0.1, -0.05) is 0 Å². The largest absolute Gasteiger partial charge is 0.393 e. The summed E-state index contributed by atoms with van der Waals surface area (Å²) in [4.78, 5) is 4.17. The van der Waals surface area contributed by atoms with Crippen LogP contribution in [0.2, 0.25) is 0 Å². The Morgan fingerprint density at radius 3 is 2.83 bits per heavy atom. The molecule has 1 fully saturated rings. The van der Waals surface area contributed by atoms with Crippen LogP contribution in [0.3, 0.4) is 0 Å². The van der Waals surface area contributed by atoms with Gasteiger partial charge >= 0.3 is 0 Å².